The number of aryl methyl sites for hydroxylation is 1. The van der Waals surface area contributed by atoms with Gasteiger partial charge in [-0.25, -0.2) is 0 Å². The molecule has 1 aromatic heterocycles. The Morgan fingerprint density at radius 2 is 2.15 bits per heavy atom. The minimum absolute atomic E-state index is 0.0560. The molecule has 2 rings (SSSR count). The zero-order valence-electron chi connectivity index (χ0n) is 10.8. The Morgan fingerprint density at radius 3 is 2.85 bits per heavy atom. The van der Waals surface area contributed by atoms with Crippen LogP contribution in [0, 0.1) is 6.92 Å². The van der Waals surface area contributed by atoms with Crippen molar-refractivity contribution in [3.05, 3.63) is 57.5 Å². The minimum Gasteiger partial charge on any atom is -0.506 e. The van der Waals surface area contributed by atoms with E-state index < -0.39 is 0 Å². The highest BCUT2D eigenvalue weighted by Crippen LogP contribution is 2.25. The quantitative estimate of drug-likeness (QED) is 0.852. The predicted octanol–water partition coefficient (Wildman–Crippen LogP) is 2.15. The highest BCUT2D eigenvalue weighted by atomic mass is 35.5. The maximum atomic E-state index is 11.9. The van der Waals surface area contributed by atoms with Crippen molar-refractivity contribution in [2.45, 2.75) is 13.5 Å². The van der Waals surface area contributed by atoms with Crippen LogP contribution in [0.5, 0.6) is 5.75 Å². The van der Waals surface area contributed by atoms with Gasteiger partial charge in [0.1, 0.15) is 12.3 Å². The third-order valence-corrected chi connectivity index (χ3v) is 3.06. The van der Waals surface area contributed by atoms with E-state index in [4.69, 9.17) is 11.6 Å². The summed E-state index contributed by atoms with van der Waals surface area (Å²) in [6.45, 7) is 1.61. The number of pyridine rings is 1. The largest absolute Gasteiger partial charge is 0.506 e. The highest BCUT2D eigenvalue weighted by molar-refractivity contribution is 6.32. The number of amides is 1. The lowest BCUT2D eigenvalue weighted by Crippen LogP contribution is -2.28. The Labute approximate surface area is 120 Å². The number of anilines is 1. The predicted molar refractivity (Wildman–Crippen MR) is 77.2 cm³/mol. The van der Waals surface area contributed by atoms with E-state index in [-0.39, 0.29) is 28.8 Å². The van der Waals surface area contributed by atoms with E-state index in [2.05, 4.69) is 5.32 Å². The number of benzene rings is 1. The highest BCUT2D eigenvalue weighted by Gasteiger charge is 2.07. The SMILES string of the molecule is Cc1cccn(CC(=O)Nc2ccc(O)c(Cl)c2)c1=O. The van der Waals surface area contributed by atoms with Crippen LogP contribution in [-0.4, -0.2) is 15.6 Å². The van der Waals surface area contributed by atoms with Gasteiger partial charge in [-0.2, -0.15) is 0 Å². The maximum Gasteiger partial charge on any atom is 0.253 e. The molecule has 0 aliphatic carbocycles. The van der Waals surface area contributed by atoms with Gasteiger partial charge in [0.25, 0.3) is 5.56 Å². The van der Waals surface area contributed by atoms with Crippen LogP contribution in [0.3, 0.4) is 0 Å². The van der Waals surface area contributed by atoms with E-state index >= 15 is 0 Å². The molecule has 0 radical (unpaired) electrons. The zero-order valence-corrected chi connectivity index (χ0v) is 11.5. The molecular formula is C14H13ClN2O3. The first-order chi connectivity index (χ1) is 9.47. The molecule has 104 valence electrons. The lowest BCUT2D eigenvalue weighted by atomic mass is 10.3. The van der Waals surface area contributed by atoms with Crippen LogP contribution in [0.1, 0.15) is 5.56 Å². The summed E-state index contributed by atoms with van der Waals surface area (Å²) in [5, 5.41) is 12.0. The fourth-order valence-corrected chi connectivity index (χ4v) is 1.90. The zero-order chi connectivity index (χ0) is 14.7. The van der Waals surface area contributed by atoms with Crippen LogP contribution in [0.15, 0.2) is 41.3 Å². The topological polar surface area (TPSA) is 71.3 Å². The first kappa shape index (κ1) is 14.1. The summed E-state index contributed by atoms with van der Waals surface area (Å²) < 4.78 is 1.33. The fraction of sp³-hybridized carbons (Fsp3) is 0.143. The lowest BCUT2D eigenvalue weighted by Gasteiger charge is -2.08. The van der Waals surface area contributed by atoms with Crippen molar-refractivity contribution in [1.82, 2.24) is 4.57 Å². The van der Waals surface area contributed by atoms with Crippen LogP contribution in [0.25, 0.3) is 0 Å². The Morgan fingerprint density at radius 1 is 1.40 bits per heavy atom. The lowest BCUT2D eigenvalue weighted by molar-refractivity contribution is -0.116. The first-order valence-electron chi connectivity index (χ1n) is 5.92. The van der Waals surface area contributed by atoms with Crippen molar-refractivity contribution < 1.29 is 9.90 Å². The Balaban J connectivity index is 2.11. The molecule has 0 saturated heterocycles. The molecule has 1 aromatic carbocycles. The van der Waals surface area contributed by atoms with Crippen LogP contribution >= 0.6 is 11.6 Å². The van der Waals surface area contributed by atoms with E-state index in [9.17, 15) is 14.7 Å². The third-order valence-electron chi connectivity index (χ3n) is 2.76. The van der Waals surface area contributed by atoms with Gasteiger partial charge in [-0.3, -0.25) is 9.59 Å². The van der Waals surface area contributed by atoms with Crippen molar-refractivity contribution >= 4 is 23.2 Å². The second-order valence-corrected chi connectivity index (χ2v) is 4.75. The van der Waals surface area contributed by atoms with Crippen molar-refractivity contribution in [2.24, 2.45) is 0 Å². The molecule has 0 atom stereocenters. The molecule has 20 heavy (non-hydrogen) atoms. The second kappa shape index (κ2) is 5.79. The number of phenolic OH excluding ortho intramolecular Hbond substituents is 1. The summed E-state index contributed by atoms with van der Waals surface area (Å²) in [6, 6.07) is 7.75. The summed E-state index contributed by atoms with van der Waals surface area (Å²) in [5.74, 6) is -0.404. The Kier molecular flexibility index (Phi) is 4.10. The normalized spacial score (nSPS) is 10.3. The standard InChI is InChI=1S/C14H13ClN2O3/c1-9-3-2-6-17(14(9)20)8-13(19)16-10-4-5-12(18)11(15)7-10/h2-7,18H,8H2,1H3,(H,16,19). The summed E-state index contributed by atoms with van der Waals surface area (Å²) in [4.78, 5) is 23.6. The van der Waals surface area contributed by atoms with Gasteiger partial charge in [0.2, 0.25) is 5.91 Å². The van der Waals surface area contributed by atoms with Gasteiger partial charge >= 0.3 is 0 Å². The number of aromatic hydroxyl groups is 1. The van der Waals surface area contributed by atoms with E-state index in [0.717, 1.165) is 0 Å². The number of rotatable bonds is 3. The number of nitrogens with zero attached hydrogens (tertiary/aromatic N) is 1. The average molecular weight is 293 g/mol. The van der Waals surface area contributed by atoms with Gasteiger partial charge in [0, 0.05) is 17.4 Å². The molecule has 2 aromatic rings. The van der Waals surface area contributed by atoms with Gasteiger partial charge in [0.15, 0.2) is 0 Å². The van der Waals surface area contributed by atoms with Crippen LogP contribution in [-0.2, 0) is 11.3 Å². The summed E-state index contributed by atoms with van der Waals surface area (Å²) in [5.41, 5.74) is 0.831. The van der Waals surface area contributed by atoms with Crippen molar-refractivity contribution in [3.8, 4) is 5.75 Å². The van der Waals surface area contributed by atoms with Crippen LogP contribution in [0.4, 0.5) is 5.69 Å². The van der Waals surface area contributed by atoms with E-state index in [1.54, 1.807) is 25.3 Å². The van der Waals surface area contributed by atoms with Crippen LogP contribution < -0.4 is 10.9 Å². The molecule has 2 N–H and O–H groups in total. The number of carbonyl (C=O) groups excluding carboxylic acids is 1. The molecule has 6 heteroatoms. The fourth-order valence-electron chi connectivity index (χ4n) is 1.72. The number of nitrogens with one attached hydrogen (secondary N) is 1. The monoisotopic (exact) mass is 292 g/mol. The van der Waals surface area contributed by atoms with Gasteiger partial charge in [-0.05, 0) is 31.2 Å². The Hall–Kier alpha value is -2.27. The van der Waals surface area contributed by atoms with Gasteiger partial charge in [0.05, 0.1) is 5.02 Å². The van der Waals surface area contributed by atoms with E-state index in [1.807, 2.05) is 0 Å². The minimum atomic E-state index is -0.348. The second-order valence-electron chi connectivity index (χ2n) is 4.34. The molecule has 1 amide bonds. The molecule has 0 spiro atoms. The molecule has 0 fully saturated rings. The number of phenols is 1. The van der Waals surface area contributed by atoms with Gasteiger partial charge < -0.3 is 15.0 Å². The first-order valence-corrected chi connectivity index (χ1v) is 6.29. The summed E-state index contributed by atoms with van der Waals surface area (Å²) in [6.07, 6.45) is 1.55. The van der Waals surface area contributed by atoms with Crippen molar-refractivity contribution in [3.63, 3.8) is 0 Å². The average Bonchev–Trinajstić information content (AvgIpc) is 2.39. The summed E-state index contributed by atoms with van der Waals surface area (Å²) in [7, 11) is 0. The molecule has 5 nitrogen and oxygen atoms in total. The molecule has 0 saturated carbocycles. The molecule has 0 bridgehead atoms. The van der Waals surface area contributed by atoms with E-state index in [1.165, 1.54) is 22.8 Å². The smallest absolute Gasteiger partial charge is 0.253 e. The number of hydrogen-bond donors (Lipinski definition) is 2. The van der Waals surface area contributed by atoms with E-state index in [0.29, 0.717) is 11.3 Å². The maximum absolute atomic E-state index is 11.9. The molecule has 0 aliphatic rings. The number of carbonyl (C=O) groups is 1. The van der Waals surface area contributed by atoms with Crippen molar-refractivity contribution in [1.29, 1.82) is 0 Å². The molecule has 0 aliphatic heterocycles. The number of hydrogen-bond acceptors (Lipinski definition) is 3. The molecular weight excluding hydrogens is 280 g/mol. The van der Waals surface area contributed by atoms with Gasteiger partial charge in [-0.15, -0.1) is 0 Å². The summed E-state index contributed by atoms with van der Waals surface area (Å²) >= 11 is 5.75. The third kappa shape index (κ3) is 3.19. The number of halogens is 1. The molecule has 1 heterocycles. The van der Waals surface area contributed by atoms with Crippen LogP contribution in [0.2, 0.25) is 5.02 Å². The number of aromatic nitrogens is 1. The van der Waals surface area contributed by atoms with Gasteiger partial charge in [-0.1, -0.05) is 17.7 Å². The Bertz CT molecular complexity index is 710. The molecule has 0 unspecified atom stereocenters. The van der Waals surface area contributed by atoms with Crippen molar-refractivity contribution in [2.75, 3.05) is 5.32 Å².